The molecule has 0 aromatic carbocycles. The molecular formula is C10H13N5O2. The number of nitrogens with zero attached hydrogens (tertiary/aromatic N) is 4. The summed E-state index contributed by atoms with van der Waals surface area (Å²) in [5.41, 5.74) is 8.84. The molecule has 0 radical (unpaired) electrons. The van der Waals surface area contributed by atoms with Crippen LogP contribution in [0.15, 0.2) is 29.6 Å². The van der Waals surface area contributed by atoms with Crippen LogP contribution in [0.1, 0.15) is 11.6 Å². The molecule has 90 valence electrons. The molecular weight excluding hydrogens is 222 g/mol. The fourth-order valence-electron chi connectivity index (χ4n) is 1.31. The molecule has 0 aliphatic heterocycles. The molecule has 0 bridgehead atoms. The zero-order valence-corrected chi connectivity index (χ0v) is 9.41. The van der Waals surface area contributed by atoms with Crippen LogP contribution in [0.2, 0.25) is 0 Å². The molecule has 0 aliphatic rings. The van der Waals surface area contributed by atoms with Gasteiger partial charge < -0.3 is 10.1 Å². The van der Waals surface area contributed by atoms with Gasteiger partial charge in [0.1, 0.15) is 6.04 Å². The summed E-state index contributed by atoms with van der Waals surface area (Å²) >= 11 is 0. The van der Waals surface area contributed by atoms with Crippen molar-refractivity contribution in [2.24, 2.45) is 5.11 Å². The van der Waals surface area contributed by atoms with Gasteiger partial charge in [0, 0.05) is 30.4 Å². The quantitative estimate of drug-likeness (QED) is 0.263. The SMILES string of the molecule is COC(=O)C(NCCN=[N+]=[N-])c1cccnc1. The number of esters is 1. The van der Waals surface area contributed by atoms with Crippen molar-refractivity contribution >= 4 is 5.97 Å². The van der Waals surface area contributed by atoms with Crippen LogP contribution in [0.25, 0.3) is 10.4 Å². The number of ether oxygens (including phenoxy) is 1. The Morgan fingerprint density at radius 2 is 2.59 bits per heavy atom. The van der Waals surface area contributed by atoms with E-state index < -0.39 is 12.0 Å². The molecule has 1 aromatic rings. The Hall–Kier alpha value is -2.11. The predicted octanol–water partition coefficient (Wildman–Crippen LogP) is 1.20. The average Bonchev–Trinajstić information content (AvgIpc) is 2.39. The van der Waals surface area contributed by atoms with E-state index in [0.717, 1.165) is 0 Å². The van der Waals surface area contributed by atoms with Crippen molar-refractivity contribution in [2.75, 3.05) is 20.2 Å². The molecule has 1 rings (SSSR count). The van der Waals surface area contributed by atoms with Gasteiger partial charge in [-0.1, -0.05) is 11.2 Å². The fourth-order valence-corrected chi connectivity index (χ4v) is 1.31. The van der Waals surface area contributed by atoms with E-state index in [1.807, 2.05) is 0 Å². The third-order valence-electron chi connectivity index (χ3n) is 2.08. The first-order valence-electron chi connectivity index (χ1n) is 5.01. The number of hydrogen-bond acceptors (Lipinski definition) is 5. The first kappa shape index (κ1) is 13.0. The number of methoxy groups -OCH3 is 1. The summed E-state index contributed by atoms with van der Waals surface area (Å²) in [6.45, 7) is 0.656. The highest BCUT2D eigenvalue weighted by Crippen LogP contribution is 2.12. The Labute approximate surface area is 98.4 Å². The summed E-state index contributed by atoms with van der Waals surface area (Å²) < 4.78 is 4.69. The first-order chi connectivity index (χ1) is 8.29. The average molecular weight is 235 g/mol. The number of carbonyl (C=O) groups is 1. The highest BCUT2D eigenvalue weighted by molar-refractivity contribution is 5.77. The number of rotatable bonds is 6. The van der Waals surface area contributed by atoms with E-state index in [1.54, 1.807) is 24.5 Å². The number of carbonyl (C=O) groups excluding carboxylic acids is 1. The Bertz CT molecular complexity index is 402. The maximum absolute atomic E-state index is 11.6. The second-order valence-electron chi connectivity index (χ2n) is 3.15. The highest BCUT2D eigenvalue weighted by Gasteiger charge is 2.20. The van der Waals surface area contributed by atoms with E-state index in [2.05, 4.69) is 20.3 Å². The minimum Gasteiger partial charge on any atom is -0.468 e. The molecule has 0 saturated heterocycles. The lowest BCUT2D eigenvalue weighted by Gasteiger charge is -2.15. The number of nitrogens with one attached hydrogen (secondary N) is 1. The van der Waals surface area contributed by atoms with Gasteiger partial charge in [0.25, 0.3) is 0 Å². The van der Waals surface area contributed by atoms with Crippen molar-refractivity contribution in [1.29, 1.82) is 0 Å². The molecule has 1 atom stereocenters. The van der Waals surface area contributed by atoms with Crippen molar-refractivity contribution < 1.29 is 9.53 Å². The van der Waals surface area contributed by atoms with Gasteiger partial charge >= 0.3 is 5.97 Å². The summed E-state index contributed by atoms with van der Waals surface area (Å²) in [5, 5.41) is 6.32. The maximum atomic E-state index is 11.6. The van der Waals surface area contributed by atoms with Crippen molar-refractivity contribution in [3.8, 4) is 0 Å². The minimum absolute atomic E-state index is 0.268. The number of pyridine rings is 1. The molecule has 1 N–H and O–H groups in total. The van der Waals surface area contributed by atoms with E-state index in [9.17, 15) is 4.79 Å². The van der Waals surface area contributed by atoms with Crippen LogP contribution < -0.4 is 5.32 Å². The van der Waals surface area contributed by atoms with Gasteiger partial charge in [-0.25, -0.2) is 4.79 Å². The smallest absolute Gasteiger partial charge is 0.327 e. The van der Waals surface area contributed by atoms with E-state index >= 15 is 0 Å². The van der Waals surface area contributed by atoms with E-state index in [4.69, 9.17) is 10.3 Å². The molecule has 1 unspecified atom stereocenters. The Kier molecular flexibility index (Phi) is 5.50. The molecule has 7 heteroatoms. The monoisotopic (exact) mass is 235 g/mol. The summed E-state index contributed by atoms with van der Waals surface area (Å²) in [7, 11) is 1.32. The van der Waals surface area contributed by atoms with Crippen LogP contribution in [0.3, 0.4) is 0 Å². The Balaban J connectivity index is 2.68. The van der Waals surface area contributed by atoms with Gasteiger partial charge in [0.2, 0.25) is 0 Å². The molecule has 0 fully saturated rings. The summed E-state index contributed by atoms with van der Waals surface area (Å²) in [5.74, 6) is -0.404. The number of aromatic nitrogens is 1. The second kappa shape index (κ2) is 7.21. The largest absolute Gasteiger partial charge is 0.468 e. The van der Waals surface area contributed by atoms with Gasteiger partial charge in [-0.05, 0) is 17.2 Å². The van der Waals surface area contributed by atoms with Gasteiger partial charge in [-0.3, -0.25) is 4.98 Å². The van der Waals surface area contributed by atoms with Crippen molar-refractivity contribution in [3.05, 3.63) is 40.5 Å². The third-order valence-corrected chi connectivity index (χ3v) is 2.08. The van der Waals surface area contributed by atoms with Crippen molar-refractivity contribution in [2.45, 2.75) is 6.04 Å². The van der Waals surface area contributed by atoms with Crippen LogP contribution in [0.4, 0.5) is 0 Å². The lowest BCUT2D eigenvalue weighted by atomic mass is 10.1. The molecule has 0 spiro atoms. The molecule has 0 saturated carbocycles. The lowest BCUT2D eigenvalue weighted by molar-refractivity contribution is -0.143. The predicted molar refractivity (Wildman–Crippen MR) is 61.0 cm³/mol. The third kappa shape index (κ3) is 4.10. The number of azide groups is 1. The van der Waals surface area contributed by atoms with Crippen LogP contribution in [-0.4, -0.2) is 31.2 Å². The van der Waals surface area contributed by atoms with Gasteiger partial charge in [0.15, 0.2) is 0 Å². The standard InChI is InChI=1S/C10H13N5O2/c1-17-10(16)9(13-5-6-14-15-11)8-3-2-4-12-7-8/h2-4,7,9,13H,5-6H2,1H3. The van der Waals surface area contributed by atoms with Crippen molar-refractivity contribution in [3.63, 3.8) is 0 Å². The fraction of sp³-hybridized carbons (Fsp3) is 0.400. The summed E-state index contributed by atoms with van der Waals surface area (Å²) in [6, 6.07) is 2.91. The molecule has 0 amide bonds. The topological polar surface area (TPSA) is 100.0 Å². The first-order valence-corrected chi connectivity index (χ1v) is 5.01. The van der Waals surface area contributed by atoms with Crippen LogP contribution in [0.5, 0.6) is 0 Å². The zero-order chi connectivity index (χ0) is 12.5. The van der Waals surface area contributed by atoms with Crippen LogP contribution >= 0.6 is 0 Å². The maximum Gasteiger partial charge on any atom is 0.327 e. The summed E-state index contributed by atoms with van der Waals surface area (Å²) in [6.07, 6.45) is 3.21. The normalized spacial score (nSPS) is 11.4. The van der Waals surface area contributed by atoms with E-state index in [-0.39, 0.29) is 6.54 Å². The minimum atomic E-state index is -0.595. The zero-order valence-electron chi connectivity index (χ0n) is 9.41. The Morgan fingerprint density at radius 3 is 3.18 bits per heavy atom. The van der Waals surface area contributed by atoms with Gasteiger partial charge in [-0.2, -0.15) is 0 Å². The molecule has 1 heterocycles. The van der Waals surface area contributed by atoms with E-state index in [0.29, 0.717) is 12.1 Å². The molecule has 1 aromatic heterocycles. The van der Waals surface area contributed by atoms with Gasteiger partial charge in [-0.15, -0.1) is 0 Å². The Morgan fingerprint density at radius 1 is 1.76 bits per heavy atom. The highest BCUT2D eigenvalue weighted by atomic mass is 16.5. The number of hydrogen-bond donors (Lipinski definition) is 1. The van der Waals surface area contributed by atoms with Crippen LogP contribution in [-0.2, 0) is 9.53 Å². The van der Waals surface area contributed by atoms with E-state index in [1.165, 1.54) is 7.11 Å². The molecule has 0 aliphatic carbocycles. The van der Waals surface area contributed by atoms with Crippen molar-refractivity contribution in [1.82, 2.24) is 10.3 Å². The lowest BCUT2D eigenvalue weighted by Crippen LogP contribution is -2.31. The van der Waals surface area contributed by atoms with Crippen LogP contribution in [0, 0.1) is 0 Å². The molecule has 17 heavy (non-hydrogen) atoms. The molecule has 7 nitrogen and oxygen atoms in total. The van der Waals surface area contributed by atoms with Gasteiger partial charge in [0.05, 0.1) is 7.11 Å². The second-order valence-corrected chi connectivity index (χ2v) is 3.15. The summed E-state index contributed by atoms with van der Waals surface area (Å²) in [4.78, 5) is 18.1.